The van der Waals surface area contributed by atoms with E-state index in [0.717, 1.165) is 11.3 Å². The van der Waals surface area contributed by atoms with Crippen LogP contribution in [0.4, 0.5) is 0 Å². The van der Waals surface area contributed by atoms with Crippen LogP contribution in [0, 0.1) is 19.3 Å². The van der Waals surface area contributed by atoms with Gasteiger partial charge in [-0.05, 0) is 42.5 Å². The van der Waals surface area contributed by atoms with Crippen LogP contribution in [0.1, 0.15) is 38.1 Å². The minimum atomic E-state index is -0.699. The molecule has 0 bridgehead atoms. The first-order valence-corrected chi connectivity index (χ1v) is 7.05. The number of ether oxygens (including phenoxy) is 1. The summed E-state index contributed by atoms with van der Waals surface area (Å²) in [6, 6.07) is 5.90. The van der Waals surface area contributed by atoms with Gasteiger partial charge in [0.2, 0.25) is 6.23 Å². The minimum Gasteiger partial charge on any atom is -0.467 e. The number of nitrogens with zero attached hydrogens (tertiary/aromatic N) is 3. The van der Waals surface area contributed by atoms with Crippen molar-refractivity contribution in [3.63, 3.8) is 0 Å². The first kappa shape index (κ1) is 15.5. The van der Waals surface area contributed by atoms with E-state index in [4.69, 9.17) is 4.74 Å². The Labute approximate surface area is 125 Å². The molecule has 1 aromatic carbocycles. The van der Waals surface area contributed by atoms with Crippen molar-refractivity contribution in [2.45, 2.75) is 47.0 Å². The molecule has 0 aliphatic heterocycles. The van der Waals surface area contributed by atoms with Gasteiger partial charge in [0.1, 0.15) is 24.5 Å². The summed E-state index contributed by atoms with van der Waals surface area (Å²) >= 11 is 0. The molecule has 21 heavy (non-hydrogen) atoms. The van der Waals surface area contributed by atoms with Gasteiger partial charge < -0.3 is 9.84 Å². The topological polar surface area (TPSA) is 60.2 Å². The summed E-state index contributed by atoms with van der Waals surface area (Å²) in [6.45, 7) is 10.0. The van der Waals surface area contributed by atoms with Crippen molar-refractivity contribution in [1.82, 2.24) is 14.8 Å². The summed E-state index contributed by atoms with van der Waals surface area (Å²) in [6.07, 6.45) is 1.85. The first-order chi connectivity index (χ1) is 9.79. The quantitative estimate of drug-likeness (QED) is 0.940. The number of hydrogen-bond acceptors (Lipinski definition) is 4. The normalized spacial score (nSPS) is 14.8. The second-order valence-electron chi connectivity index (χ2n) is 6.47. The van der Waals surface area contributed by atoms with Crippen LogP contribution in [-0.2, 0) is 0 Å². The number of benzene rings is 1. The maximum absolute atomic E-state index is 10.6. The number of aryl methyl sites for hydroxylation is 2. The largest absolute Gasteiger partial charge is 0.467 e. The first-order valence-electron chi connectivity index (χ1n) is 7.05. The summed E-state index contributed by atoms with van der Waals surface area (Å²) in [5, 5.41) is 18.2. The highest BCUT2D eigenvalue weighted by Gasteiger charge is 2.33. The molecule has 0 amide bonds. The van der Waals surface area contributed by atoms with E-state index < -0.39 is 12.3 Å². The van der Waals surface area contributed by atoms with Crippen LogP contribution in [-0.4, -0.2) is 26.0 Å². The lowest BCUT2D eigenvalue weighted by Gasteiger charge is -2.33. The fraction of sp³-hybridized carbons (Fsp3) is 0.500. The Balaban J connectivity index is 2.30. The van der Waals surface area contributed by atoms with E-state index in [2.05, 4.69) is 17.1 Å². The highest BCUT2D eigenvalue weighted by molar-refractivity contribution is 5.33. The minimum absolute atomic E-state index is 0.325. The van der Waals surface area contributed by atoms with Gasteiger partial charge in [-0.1, -0.05) is 26.8 Å². The summed E-state index contributed by atoms with van der Waals surface area (Å²) < 4.78 is 7.70. The third-order valence-corrected chi connectivity index (χ3v) is 3.62. The second-order valence-corrected chi connectivity index (χ2v) is 6.47. The van der Waals surface area contributed by atoms with Gasteiger partial charge in [-0.2, -0.15) is 0 Å². The fourth-order valence-electron chi connectivity index (χ4n) is 1.98. The van der Waals surface area contributed by atoms with E-state index in [0.29, 0.717) is 0 Å². The Hall–Kier alpha value is -1.88. The van der Waals surface area contributed by atoms with E-state index in [1.807, 2.05) is 45.9 Å². The Bertz CT molecular complexity index is 588. The Morgan fingerprint density at radius 3 is 2.24 bits per heavy atom. The molecular weight excluding hydrogens is 266 g/mol. The Kier molecular flexibility index (Phi) is 4.32. The lowest BCUT2D eigenvalue weighted by atomic mass is 9.88. The van der Waals surface area contributed by atoms with Crippen molar-refractivity contribution < 1.29 is 9.84 Å². The predicted molar refractivity (Wildman–Crippen MR) is 81.1 cm³/mol. The Morgan fingerprint density at radius 1 is 1.10 bits per heavy atom. The molecule has 0 saturated carbocycles. The summed E-state index contributed by atoms with van der Waals surface area (Å²) in [5.41, 5.74) is 2.04. The van der Waals surface area contributed by atoms with Gasteiger partial charge in [0.05, 0.1) is 0 Å². The maximum Gasteiger partial charge on any atom is 0.204 e. The molecule has 5 nitrogen and oxygen atoms in total. The van der Waals surface area contributed by atoms with Crippen LogP contribution in [0.3, 0.4) is 0 Å². The summed E-state index contributed by atoms with van der Waals surface area (Å²) in [7, 11) is 0. The molecule has 2 aromatic rings. The molecule has 0 aliphatic rings. The average Bonchev–Trinajstić information content (AvgIpc) is 2.92. The smallest absolute Gasteiger partial charge is 0.204 e. The molecule has 0 radical (unpaired) electrons. The van der Waals surface area contributed by atoms with Crippen LogP contribution in [0.15, 0.2) is 30.9 Å². The molecule has 0 aliphatic carbocycles. The molecule has 5 heteroatoms. The number of hydrogen-bond donors (Lipinski definition) is 1. The Morgan fingerprint density at radius 2 is 1.71 bits per heavy atom. The predicted octanol–water partition coefficient (Wildman–Crippen LogP) is 2.88. The van der Waals surface area contributed by atoms with Crippen LogP contribution in [0.2, 0.25) is 0 Å². The molecule has 2 rings (SSSR count). The second kappa shape index (κ2) is 5.85. The van der Waals surface area contributed by atoms with Crippen molar-refractivity contribution in [2.24, 2.45) is 5.41 Å². The third kappa shape index (κ3) is 3.61. The molecule has 1 heterocycles. The van der Waals surface area contributed by atoms with E-state index in [1.165, 1.54) is 5.56 Å². The highest BCUT2D eigenvalue weighted by atomic mass is 16.5. The third-order valence-electron chi connectivity index (χ3n) is 3.62. The van der Waals surface area contributed by atoms with Gasteiger partial charge in [-0.25, -0.2) is 0 Å². The van der Waals surface area contributed by atoms with Crippen LogP contribution >= 0.6 is 0 Å². The van der Waals surface area contributed by atoms with Gasteiger partial charge in [0.25, 0.3) is 0 Å². The molecular formula is C16H23N3O2. The van der Waals surface area contributed by atoms with Crippen molar-refractivity contribution in [1.29, 1.82) is 0 Å². The number of aromatic nitrogens is 3. The molecule has 2 unspecified atom stereocenters. The zero-order valence-corrected chi connectivity index (χ0v) is 13.2. The van der Waals surface area contributed by atoms with Gasteiger partial charge in [-0.15, -0.1) is 10.2 Å². The van der Waals surface area contributed by atoms with Crippen molar-refractivity contribution >= 4 is 0 Å². The number of aliphatic hydroxyl groups excluding tert-OH is 1. The molecule has 114 valence electrons. The standard InChI is InChI=1S/C16H23N3O2/c1-11-6-7-13(8-12(11)2)21-15(14(20)16(3,4)5)19-9-17-18-10-19/h6-10,14-15,20H,1-5H3. The molecule has 1 aromatic heterocycles. The molecule has 0 spiro atoms. The van der Waals surface area contributed by atoms with Gasteiger partial charge in [0, 0.05) is 0 Å². The highest BCUT2D eigenvalue weighted by Crippen LogP contribution is 2.31. The summed E-state index contributed by atoms with van der Waals surface area (Å²) in [4.78, 5) is 0. The van der Waals surface area contributed by atoms with Crippen LogP contribution in [0.25, 0.3) is 0 Å². The fourth-order valence-corrected chi connectivity index (χ4v) is 1.98. The van der Waals surface area contributed by atoms with E-state index in [9.17, 15) is 5.11 Å². The van der Waals surface area contributed by atoms with Crippen molar-refractivity contribution in [3.8, 4) is 5.75 Å². The van der Waals surface area contributed by atoms with Gasteiger partial charge in [0.15, 0.2) is 0 Å². The lowest BCUT2D eigenvalue weighted by molar-refractivity contribution is -0.0676. The average molecular weight is 289 g/mol. The monoisotopic (exact) mass is 289 g/mol. The number of rotatable bonds is 4. The van der Waals surface area contributed by atoms with Crippen molar-refractivity contribution in [3.05, 3.63) is 42.0 Å². The zero-order chi connectivity index (χ0) is 15.6. The van der Waals surface area contributed by atoms with Gasteiger partial charge in [-0.3, -0.25) is 4.57 Å². The maximum atomic E-state index is 10.6. The van der Waals surface area contributed by atoms with Crippen molar-refractivity contribution in [2.75, 3.05) is 0 Å². The van der Waals surface area contributed by atoms with E-state index in [1.54, 1.807) is 17.2 Å². The van der Waals surface area contributed by atoms with Crippen LogP contribution < -0.4 is 4.74 Å². The molecule has 2 atom stereocenters. The van der Waals surface area contributed by atoms with E-state index >= 15 is 0 Å². The lowest BCUT2D eigenvalue weighted by Crippen LogP contribution is -2.38. The molecule has 0 saturated heterocycles. The summed E-state index contributed by atoms with van der Waals surface area (Å²) in [5.74, 6) is 0.722. The van der Waals surface area contributed by atoms with Crippen LogP contribution in [0.5, 0.6) is 5.75 Å². The number of aliphatic hydroxyl groups is 1. The SMILES string of the molecule is Cc1ccc(OC(C(O)C(C)(C)C)n2cnnc2)cc1C. The van der Waals surface area contributed by atoms with Gasteiger partial charge >= 0.3 is 0 Å². The zero-order valence-electron chi connectivity index (χ0n) is 13.2. The molecule has 1 N–H and O–H groups in total. The van der Waals surface area contributed by atoms with E-state index in [-0.39, 0.29) is 5.41 Å². The molecule has 0 fully saturated rings.